The van der Waals surface area contributed by atoms with Crippen molar-refractivity contribution in [1.29, 1.82) is 0 Å². The SMILES string of the molecule is CC[NH+](CC(=O)Nc1ccc(N2CCCCCC2)cc1)CC(=O)NC(C)C. The van der Waals surface area contributed by atoms with Crippen LogP contribution in [-0.2, 0) is 9.59 Å². The van der Waals surface area contributed by atoms with Crippen molar-refractivity contribution in [3.05, 3.63) is 24.3 Å². The summed E-state index contributed by atoms with van der Waals surface area (Å²) in [6, 6.07) is 8.22. The number of rotatable bonds is 8. The molecule has 2 amide bonds. The maximum Gasteiger partial charge on any atom is 0.279 e. The molecule has 1 fully saturated rings. The third kappa shape index (κ3) is 7.59. The quantitative estimate of drug-likeness (QED) is 0.644. The lowest BCUT2D eigenvalue weighted by molar-refractivity contribution is -0.881. The third-order valence-corrected chi connectivity index (χ3v) is 4.89. The zero-order chi connectivity index (χ0) is 19.6. The van der Waals surface area contributed by atoms with Gasteiger partial charge in [0.1, 0.15) is 0 Å². The van der Waals surface area contributed by atoms with Crippen molar-refractivity contribution in [2.75, 3.05) is 42.9 Å². The van der Waals surface area contributed by atoms with Crippen LogP contribution in [-0.4, -0.2) is 50.6 Å². The first-order valence-electron chi connectivity index (χ1n) is 10.3. The lowest BCUT2D eigenvalue weighted by Gasteiger charge is -2.23. The fraction of sp³-hybridized carbons (Fsp3) is 0.619. The van der Waals surface area contributed by atoms with Crippen molar-refractivity contribution < 1.29 is 14.5 Å². The molecule has 0 aliphatic carbocycles. The zero-order valence-electron chi connectivity index (χ0n) is 17.0. The van der Waals surface area contributed by atoms with Crippen molar-refractivity contribution in [2.24, 2.45) is 0 Å². The molecule has 0 aromatic heterocycles. The molecule has 0 saturated carbocycles. The van der Waals surface area contributed by atoms with Gasteiger partial charge in [0.05, 0.1) is 6.54 Å². The average Bonchev–Trinajstić information content (AvgIpc) is 2.90. The molecule has 0 spiro atoms. The number of amides is 2. The van der Waals surface area contributed by atoms with Crippen molar-refractivity contribution in [3.8, 4) is 0 Å². The van der Waals surface area contributed by atoms with E-state index in [4.69, 9.17) is 0 Å². The molecule has 1 heterocycles. The predicted octanol–water partition coefficient (Wildman–Crippen LogP) is 1.43. The van der Waals surface area contributed by atoms with Crippen LogP contribution in [0, 0.1) is 0 Å². The molecule has 1 unspecified atom stereocenters. The van der Waals surface area contributed by atoms with E-state index in [0.717, 1.165) is 30.2 Å². The lowest BCUT2D eigenvalue weighted by Crippen LogP contribution is -3.14. The van der Waals surface area contributed by atoms with Crippen LogP contribution in [0.15, 0.2) is 24.3 Å². The molecule has 1 aromatic carbocycles. The summed E-state index contributed by atoms with van der Waals surface area (Å²) in [4.78, 5) is 27.6. The van der Waals surface area contributed by atoms with Gasteiger partial charge in [0.15, 0.2) is 13.1 Å². The maximum absolute atomic E-state index is 12.3. The van der Waals surface area contributed by atoms with Crippen LogP contribution < -0.4 is 20.4 Å². The first-order valence-corrected chi connectivity index (χ1v) is 10.3. The second-order valence-corrected chi connectivity index (χ2v) is 7.68. The van der Waals surface area contributed by atoms with Crippen molar-refractivity contribution in [2.45, 2.75) is 52.5 Å². The Balaban J connectivity index is 1.84. The average molecular weight is 376 g/mol. The van der Waals surface area contributed by atoms with Gasteiger partial charge in [0.2, 0.25) is 0 Å². The minimum Gasteiger partial charge on any atom is -0.372 e. The summed E-state index contributed by atoms with van der Waals surface area (Å²) >= 11 is 0. The molecule has 1 atom stereocenters. The molecule has 3 N–H and O–H groups in total. The summed E-state index contributed by atoms with van der Waals surface area (Å²) in [5.74, 6) is -0.0804. The van der Waals surface area contributed by atoms with Gasteiger partial charge in [-0.15, -0.1) is 0 Å². The maximum atomic E-state index is 12.3. The molecule has 0 radical (unpaired) electrons. The van der Waals surface area contributed by atoms with Crippen LogP contribution in [0.4, 0.5) is 11.4 Å². The first-order chi connectivity index (χ1) is 13.0. The van der Waals surface area contributed by atoms with E-state index in [0.29, 0.717) is 6.54 Å². The van der Waals surface area contributed by atoms with Gasteiger partial charge < -0.3 is 20.4 Å². The number of anilines is 2. The van der Waals surface area contributed by atoms with Gasteiger partial charge in [-0.2, -0.15) is 0 Å². The van der Waals surface area contributed by atoms with E-state index < -0.39 is 0 Å². The standard InChI is InChI=1S/C21H34N4O2/c1-4-24(15-20(26)22-17(2)3)16-21(27)23-18-9-11-19(12-10-18)25-13-7-5-6-8-14-25/h9-12,17H,4-8,13-16H2,1-3H3,(H,22,26)(H,23,27)/p+1. The van der Waals surface area contributed by atoms with E-state index in [9.17, 15) is 9.59 Å². The van der Waals surface area contributed by atoms with Crippen LogP contribution >= 0.6 is 0 Å². The fourth-order valence-electron chi connectivity index (χ4n) is 3.43. The highest BCUT2D eigenvalue weighted by Crippen LogP contribution is 2.21. The molecule has 1 aliphatic rings. The van der Waals surface area contributed by atoms with E-state index in [-0.39, 0.29) is 24.4 Å². The second kappa shape index (κ2) is 10.9. The Kier molecular flexibility index (Phi) is 8.58. The smallest absolute Gasteiger partial charge is 0.279 e. The summed E-state index contributed by atoms with van der Waals surface area (Å²) in [6.45, 7) is 9.41. The molecular formula is C21H35N4O2+. The van der Waals surface area contributed by atoms with E-state index in [1.54, 1.807) is 0 Å². The van der Waals surface area contributed by atoms with Gasteiger partial charge in [-0.3, -0.25) is 9.59 Å². The van der Waals surface area contributed by atoms with E-state index in [1.165, 1.54) is 31.4 Å². The van der Waals surface area contributed by atoms with E-state index in [1.807, 2.05) is 32.9 Å². The van der Waals surface area contributed by atoms with Gasteiger partial charge in [-0.1, -0.05) is 12.8 Å². The molecule has 1 saturated heterocycles. The molecular weight excluding hydrogens is 340 g/mol. The molecule has 27 heavy (non-hydrogen) atoms. The normalized spacial score (nSPS) is 15.9. The molecule has 6 heteroatoms. The highest BCUT2D eigenvalue weighted by molar-refractivity contribution is 5.91. The topological polar surface area (TPSA) is 65.9 Å². The predicted molar refractivity (Wildman–Crippen MR) is 110 cm³/mol. The summed E-state index contributed by atoms with van der Waals surface area (Å²) in [6.07, 6.45) is 5.13. The van der Waals surface area contributed by atoms with Gasteiger partial charge in [-0.05, 0) is 57.9 Å². The number of likely N-dealkylation sites (N-methyl/N-ethyl adjacent to an activating group) is 1. The van der Waals surface area contributed by atoms with Crippen molar-refractivity contribution in [3.63, 3.8) is 0 Å². The summed E-state index contributed by atoms with van der Waals surface area (Å²) in [5.41, 5.74) is 2.03. The van der Waals surface area contributed by atoms with E-state index >= 15 is 0 Å². The molecule has 1 aliphatic heterocycles. The number of carbonyl (C=O) groups excluding carboxylic acids is 2. The lowest BCUT2D eigenvalue weighted by atomic mass is 10.2. The number of nitrogens with one attached hydrogen (secondary N) is 3. The van der Waals surface area contributed by atoms with Crippen LogP contribution in [0.1, 0.15) is 46.5 Å². The number of hydrogen-bond donors (Lipinski definition) is 3. The number of carbonyl (C=O) groups is 2. The van der Waals surface area contributed by atoms with Crippen LogP contribution in [0.2, 0.25) is 0 Å². The Morgan fingerprint density at radius 2 is 1.59 bits per heavy atom. The number of benzene rings is 1. The second-order valence-electron chi connectivity index (χ2n) is 7.68. The van der Waals surface area contributed by atoms with Crippen LogP contribution in [0.25, 0.3) is 0 Å². The number of hydrogen-bond acceptors (Lipinski definition) is 3. The van der Waals surface area contributed by atoms with Crippen LogP contribution in [0.3, 0.4) is 0 Å². The van der Waals surface area contributed by atoms with Crippen LogP contribution in [0.5, 0.6) is 0 Å². The zero-order valence-corrected chi connectivity index (χ0v) is 17.0. The minimum absolute atomic E-state index is 0.0172. The molecule has 150 valence electrons. The van der Waals surface area contributed by atoms with Crippen molar-refractivity contribution in [1.82, 2.24) is 5.32 Å². The summed E-state index contributed by atoms with van der Waals surface area (Å²) < 4.78 is 0. The van der Waals surface area contributed by atoms with Gasteiger partial charge >= 0.3 is 0 Å². The Bertz CT molecular complexity index is 593. The van der Waals surface area contributed by atoms with Gasteiger partial charge in [0, 0.05) is 30.5 Å². The Labute approximate surface area is 163 Å². The molecule has 0 bridgehead atoms. The van der Waals surface area contributed by atoms with Crippen molar-refractivity contribution >= 4 is 23.2 Å². The molecule has 2 rings (SSSR count). The summed E-state index contributed by atoms with van der Waals surface area (Å²) in [7, 11) is 0. The highest BCUT2D eigenvalue weighted by Gasteiger charge is 2.17. The Hall–Kier alpha value is -2.08. The monoisotopic (exact) mass is 375 g/mol. The first kappa shape index (κ1) is 21.2. The fourth-order valence-corrected chi connectivity index (χ4v) is 3.43. The van der Waals surface area contributed by atoms with Gasteiger partial charge in [0.25, 0.3) is 11.8 Å². The third-order valence-electron chi connectivity index (χ3n) is 4.89. The van der Waals surface area contributed by atoms with E-state index in [2.05, 4.69) is 27.7 Å². The minimum atomic E-state index is -0.0632. The largest absolute Gasteiger partial charge is 0.372 e. The molecule has 6 nitrogen and oxygen atoms in total. The highest BCUT2D eigenvalue weighted by atomic mass is 16.2. The number of quaternary nitrogens is 1. The molecule has 1 aromatic rings. The Morgan fingerprint density at radius 1 is 1.00 bits per heavy atom. The summed E-state index contributed by atoms with van der Waals surface area (Å²) in [5, 5.41) is 5.83. The van der Waals surface area contributed by atoms with Gasteiger partial charge in [-0.25, -0.2) is 0 Å². The Morgan fingerprint density at radius 3 is 2.15 bits per heavy atom. The number of nitrogens with zero attached hydrogens (tertiary/aromatic N) is 1.